The SMILES string of the molecule is Cn1cnc(C2CC3CC(O)(c4nc(C(F)(F)F)n[nH]4)CC3C2)c1C(=O)Nc1ccc(F)c(Cl)c1. The average molecular weight is 513 g/mol. The largest absolute Gasteiger partial charge is 0.453 e. The molecule has 8 nitrogen and oxygen atoms in total. The number of nitrogens with zero attached hydrogens (tertiary/aromatic N) is 4. The second kappa shape index (κ2) is 8.30. The van der Waals surface area contributed by atoms with Crippen molar-refractivity contribution in [3.8, 4) is 0 Å². The molecule has 186 valence electrons. The number of aryl methyl sites for hydroxylation is 1. The molecule has 1 aromatic carbocycles. The molecule has 0 aliphatic heterocycles. The number of anilines is 1. The Kier molecular flexibility index (Phi) is 5.63. The summed E-state index contributed by atoms with van der Waals surface area (Å²) in [5.41, 5.74) is -0.207. The third-order valence-corrected chi connectivity index (χ3v) is 7.25. The van der Waals surface area contributed by atoms with E-state index in [1.165, 1.54) is 12.1 Å². The molecule has 2 saturated carbocycles. The van der Waals surface area contributed by atoms with Crippen molar-refractivity contribution in [2.45, 2.75) is 43.4 Å². The van der Waals surface area contributed by atoms with Gasteiger partial charge < -0.3 is 15.0 Å². The molecule has 5 rings (SSSR count). The van der Waals surface area contributed by atoms with Crippen LogP contribution in [0, 0.1) is 17.7 Å². The van der Waals surface area contributed by atoms with Crippen LogP contribution < -0.4 is 5.32 Å². The number of carbonyl (C=O) groups excluding carboxylic acids is 1. The Morgan fingerprint density at radius 3 is 2.57 bits per heavy atom. The summed E-state index contributed by atoms with van der Waals surface area (Å²) in [5.74, 6) is -2.50. The maximum Gasteiger partial charge on any atom is 0.453 e. The van der Waals surface area contributed by atoms with Crippen LogP contribution in [-0.2, 0) is 18.8 Å². The van der Waals surface area contributed by atoms with Crippen molar-refractivity contribution in [3.63, 3.8) is 0 Å². The number of fused-ring (bicyclic) bond motifs is 1. The monoisotopic (exact) mass is 512 g/mol. The lowest BCUT2D eigenvalue weighted by Gasteiger charge is -2.22. The van der Waals surface area contributed by atoms with Crippen LogP contribution in [0.1, 0.15) is 59.4 Å². The third-order valence-electron chi connectivity index (χ3n) is 6.97. The topological polar surface area (TPSA) is 109 Å². The van der Waals surface area contributed by atoms with Gasteiger partial charge in [0.25, 0.3) is 11.7 Å². The molecule has 3 N–H and O–H groups in total. The number of aliphatic hydroxyl groups is 1. The standard InChI is InChI=1S/C22H21ClF4N6O2/c1-33-9-28-16(17(33)18(34)29-13-2-3-15(24)14(23)6-13)10-4-11-7-21(35,8-12(11)5-10)19-30-20(32-31-19)22(25,26)27/h2-3,6,9-12,35H,4-5,7-8H2,1H3,(H,29,34)(H,30,31,32). The van der Waals surface area contributed by atoms with E-state index < -0.39 is 29.3 Å². The molecule has 2 fully saturated rings. The van der Waals surface area contributed by atoms with E-state index in [-0.39, 0.29) is 41.4 Å². The van der Waals surface area contributed by atoms with Gasteiger partial charge in [-0.3, -0.25) is 9.89 Å². The Balaban J connectivity index is 1.31. The highest BCUT2D eigenvalue weighted by Crippen LogP contribution is 2.56. The Labute approximate surface area is 201 Å². The van der Waals surface area contributed by atoms with Crippen LogP contribution >= 0.6 is 11.6 Å². The summed E-state index contributed by atoms with van der Waals surface area (Å²) < 4.78 is 53.7. The second-order valence-corrected chi connectivity index (χ2v) is 9.71. The summed E-state index contributed by atoms with van der Waals surface area (Å²) in [7, 11) is 1.69. The molecule has 35 heavy (non-hydrogen) atoms. The van der Waals surface area contributed by atoms with Gasteiger partial charge in [-0.05, 0) is 55.7 Å². The van der Waals surface area contributed by atoms with Crippen LogP contribution in [0.25, 0.3) is 0 Å². The van der Waals surface area contributed by atoms with Crippen molar-refractivity contribution in [1.82, 2.24) is 24.7 Å². The predicted octanol–water partition coefficient (Wildman–Crippen LogP) is 4.39. The number of hydrogen-bond acceptors (Lipinski definition) is 5. The highest BCUT2D eigenvalue weighted by atomic mass is 35.5. The second-order valence-electron chi connectivity index (χ2n) is 9.31. The van der Waals surface area contributed by atoms with Gasteiger partial charge in [-0.1, -0.05) is 11.6 Å². The van der Waals surface area contributed by atoms with E-state index in [0.29, 0.717) is 29.9 Å². The van der Waals surface area contributed by atoms with Gasteiger partial charge in [-0.25, -0.2) is 14.4 Å². The summed E-state index contributed by atoms with van der Waals surface area (Å²) >= 11 is 5.80. The minimum atomic E-state index is -4.69. The normalized spacial score (nSPS) is 26.2. The smallest absolute Gasteiger partial charge is 0.382 e. The summed E-state index contributed by atoms with van der Waals surface area (Å²) in [6, 6.07) is 3.89. The fourth-order valence-electron chi connectivity index (χ4n) is 5.46. The van der Waals surface area contributed by atoms with E-state index >= 15 is 0 Å². The number of aromatic amines is 1. The van der Waals surface area contributed by atoms with Gasteiger partial charge in [0, 0.05) is 18.7 Å². The quantitative estimate of drug-likeness (QED) is 0.449. The molecule has 2 unspecified atom stereocenters. The lowest BCUT2D eigenvalue weighted by atomic mass is 9.92. The van der Waals surface area contributed by atoms with Gasteiger partial charge in [0.05, 0.1) is 17.0 Å². The third kappa shape index (κ3) is 4.29. The lowest BCUT2D eigenvalue weighted by Crippen LogP contribution is -2.25. The molecule has 0 saturated heterocycles. The Hall–Kier alpha value is -2.99. The minimum absolute atomic E-state index is 0.0262. The highest BCUT2D eigenvalue weighted by Gasteiger charge is 2.52. The van der Waals surface area contributed by atoms with Crippen LogP contribution in [0.5, 0.6) is 0 Å². The van der Waals surface area contributed by atoms with Crippen LogP contribution in [0.3, 0.4) is 0 Å². The maximum absolute atomic E-state index is 13.4. The minimum Gasteiger partial charge on any atom is -0.382 e. The van der Waals surface area contributed by atoms with Gasteiger partial charge in [0.15, 0.2) is 5.82 Å². The van der Waals surface area contributed by atoms with Gasteiger partial charge in [-0.2, -0.15) is 13.2 Å². The lowest BCUT2D eigenvalue weighted by molar-refractivity contribution is -0.144. The maximum atomic E-state index is 13.4. The van der Waals surface area contributed by atoms with Crippen LogP contribution in [0.2, 0.25) is 5.02 Å². The van der Waals surface area contributed by atoms with E-state index in [1.807, 2.05) is 0 Å². The summed E-state index contributed by atoms with van der Waals surface area (Å²) in [6.45, 7) is 0. The fraction of sp³-hybridized carbons (Fsp3) is 0.455. The molecule has 0 spiro atoms. The molecular formula is C22H21ClF4N6O2. The first-order valence-corrected chi connectivity index (χ1v) is 11.3. The van der Waals surface area contributed by atoms with Gasteiger partial charge >= 0.3 is 6.18 Å². The van der Waals surface area contributed by atoms with E-state index in [9.17, 15) is 27.5 Å². The number of aromatic nitrogens is 5. The van der Waals surface area contributed by atoms with Crippen molar-refractivity contribution in [1.29, 1.82) is 0 Å². The molecule has 2 heterocycles. The molecule has 0 bridgehead atoms. The first-order valence-electron chi connectivity index (χ1n) is 10.9. The summed E-state index contributed by atoms with van der Waals surface area (Å²) in [4.78, 5) is 21.0. The molecule has 2 aliphatic carbocycles. The zero-order valence-corrected chi connectivity index (χ0v) is 19.2. The number of H-pyrrole nitrogens is 1. The summed E-state index contributed by atoms with van der Waals surface area (Å²) in [6.07, 6.45) is -1.44. The van der Waals surface area contributed by atoms with Crippen molar-refractivity contribution in [2.75, 3.05) is 5.32 Å². The number of hydrogen-bond donors (Lipinski definition) is 3. The Morgan fingerprint density at radius 1 is 1.29 bits per heavy atom. The number of carbonyl (C=O) groups is 1. The average Bonchev–Trinajstić information content (AvgIpc) is 3.52. The van der Waals surface area contributed by atoms with E-state index in [2.05, 4.69) is 25.5 Å². The number of nitrogens with one attached hydrogen (secondary N) is 2. The van der Waals surface area contributed by atoms with Crippen LogP contribution in [-0.4, -0.2) is 35.7 Å². The molecule has 1 amide bonds. The zero-order valence-electron chi connectivity index (χ0n) is 18.4. The van der Waals surface area contributed by atoms with Crippen LogP contribution in [0.15, 0.2) is 24.5 Å². The molecule has 13 heteroatoms. The van der Waals surface area contributed by atoms with Crippen molar-refractivity contribution < 1.29 is 27.5 Å². The van der Waals surface area contributed by atoms with Gasteiger partial charge in [0.2, 0.25) is 0 Å². The van der Waals surface area contributed by atoms with E-state index in [0.717, 1.165) is 6.07 Å². The van der Waals surface area contributed by atoms with E-state index in [1.54, 1.807) is 17.9 Å². The van der Waals surface area contributed by atoms with Crippen molar-refractivity contribution in [3.05, 3.63) is 58.4 Å². The number of imidazole rings is 1. The molecule has 2 atom stereocenters. The van der Waals surface area contributed by atoms with Crippen molar-refractivity contribution in [2.24, 2.45) is 18.9 Å². The number of halogens is 5. The van der Waals surface area contributed by atoms with Gasteiger partial charge in [0.1, 0.15) is 17.1 Å². The summed E-state index contributed by atoms with van der Waals surface area (Å²) in [5, 5.41) is 19.1. The first kappa shape index (κ1) is 23.7. The first-order chi connectivity index (χ1) is 16.4. The molecule has 2 aliphatic rings. The molecule has 3 aromatic rings. The number of amides is 1. The van der Waals surface area contributed by atoms with Crippen molar-refractivity contribution >= 4 is 23.2 Å². The Bertz CT molecular complexity index is 1280. The predicted molar refractivity (Wildman–Crippen MR) is 116 cm³/mol. The Morgan fingerprint density at radius 2 is 1.97 bits per heavy atom. The molecular weight excluding hydrogens is 492 g/mol. The molecule has 2 aromatic heterocycles. The zero-order chi connectivity index (χ0) is 25.1. The van der Waals surface area contributed by atoms with E-state index in [4.69, 9.17) is 11.6 Å². The number of benzene rings is 1. The van der Waals surface area contributed by atoms with Crippen LogP contribution in [0.4, 0.5) is 23.2 Å². The fourth-order valence-corrected chi connectivity index (χ4v) is 5.64. The highest BCUT2D eigenvalue weighted by molar-refractivity contribution is 6.31. The number of alkyl halides is 3. The molecule has 0 radical (unpaired) electrons. The van der Waals surface area contributed by atoms with Gasteiger partial charge in [-0.15, -0.1) is 5.10 Å². The number of rotatable bonds is 4.